The number of allylic oxidation sites excluding steroid dienone is 1. The predicted molar refractivity (Wildman–Crippen MR) is 136 cm³/mol. The van der Waals surface area contributed by atoms with E-state index in [1.165, 1.54) is 6.26 Å². The van der Waals surface area contributed by atoms with Crippen LogP contribution in [0.5, 0.6) is 0 Å². The molecule has 3 aromatic rings. The van der Waals surface area contributed by atoms with E-state index in [4.69, 9.17) is 28.9 Å². The standard InChI is InChI=1S/C25H24Cl2N2O3S/c1-25(2,30)24(28)15-23(29-22-10-5-4-9-20(22)26)19-12-11-17(14-21(19)27)16-7-6-8-18(13-16)33(3,31)32/h4-15,30H,28H2,1-3H3. The molecule has 8 heteroatoms. The zero-order valence-electron chi connectivity index (χ0n) is 18.4. The second kappa shape index (κ2) is 9.69. The lowest BCUT2D eigenvalue weighted by Crippen LogP contribution is -2.28. The molecule has 0 aliphatic carbocycles. The molecule has 0 saturated carbocycles. The van der Waals surface area contributed by atoms with E-state index in [1.54, 1.807) is 68.5 Å². The number of nitrogens with zero attached hydrogens (tertiary/aromatic N) is 1. The van der Waals surface area contributed by atoms with E-state index in [0.717, 1.165) is 5.56 Å². The van der Waals surface area contributed by atoms with Gasteiger partial charge in [0, 0.05) is 17.5 Å². The Labute approximate surface area is 204 Å². The molecule has 0 heterocycles. The first-order chi connectivity index (χ1) is 15.4. The van der Waals surface area contributed by atoms with Gasteiger partial charge in [-0.15, -0.1) is 0 Å². The zero-order chi connectivity index (χ0) is 24.4. The van der Waals surface area contributed by atoms with Crippen LogP contribution in [0.3, 0.4) is 0 Å². The van der Waals surface area contributed by atoms with Crippen LogP contribution in [0.1, 0.15) is 19.4 Å². The fourth-order valence-electron chi connectivity index (χ4n) is 2.98. The Morgan fingerprint density at radius 3 is 2.24 bits per heavy atom. The summed E-state index contributed by atoms with van der Waals surface area (Å²) in [5.41, 5.74) is 8.02. The summed E-state index contributed by atoms with van der Waals surface area (Å²) < 4.78 is 23.8. The molecular weight excluding hydrogens is 479 g/mol. The first-order valence-corrected chi connectivity index (χ1v) is 12.6. The number of aliphatic hydroxyl groups is 1. The van der Waals surface area contributed by atoms with Crippen molar-refractivity contribution in [2.45, 2.75) is 24.3 Å². The molecule has 0 aliphatic heterocycles. The molecule has 0 bridgehead atoms. The highest BCUT2D eigenvalue weighted by Gasteiger charge is 2.19. The normalized spacial score (nSPS) is 13.3. The highest BCUT2D eigenvalue weighted by Crippen LogP contribution is 2.31. The third kappa shape index (κ3) is 6.24. The molecule has 0 amide bonds. The van der Waals surface area contributed by atoms with Crippen molar-refractivity contribution >= 4 is 44.4 Å². The van der Waals surface area contributed by atoms with E-state index >= 15 is 0 Å². The minimum absolute atomic E-state index is 0.203. The SMILES string of the molecule is CC(C)(O)C(N)=CC(=Nc1ccccc1Cl)c1ccc(-c2cccc(S(C)(=O)=O)c2)cc1Cl. The van der Waals surface area contributed by atoms with Crippen LogP contribution < -0.4 is 5.73 Å². The van der Waals surface area contributed by atoms with Crippen LogP contribution in [0.25, 0.3) is 11.1 Å². The number of aliphatic imine (C=N–C) groups is 1. The van der Waals surface area contributed by atoms with Gasteiger partial charge in [-0.25, -0.2) is 13.4 Å². The van der Waals surface area contributed by atoms with E-state index in [9.17, 15) is 13.5 Å². The molecule has 172 valence electrons. The number of halogens is 2. The first kappa shape index (κ1) is 25.0. The topological polar surface area (TPSA) is 92.8 Å². The number of sulfone groups is 1. The molecule has 3 N–H and O–H groups in total. The highest BCUT2D eigenvalue weighted by molar-refractivity contribution is 7.90. The predicted octanol–water partition coefficient (Wildman–Crippen LogP) is 5.80. The minimum Gasteiger partial charge on any atom is -0.400 e. The molecule has 0 unspecified atom stereocenters. The maximum Gasteiger partial charge on any atom is 0.175 e. The summed E-state index contributed by atoms with van der Waals surface area (Å²) in [6, 6.07) is 19.1. The van der Waals surface area contributed by atoms with Crippen LogP contribution in [-0.4, -0.2) is 31.1 Å². The molecule has 3 aromatic carbocycles. The number of benzene rings is 3. The van der Waals surface area contributed by atoms with Crippen molar-refractivity contribution in [3.05, 3.63) is 94.1 Å². The van der Waals surface area contributed by atoms with E-state index in [1.807, 2.05) is 18.2 Å². The first-order valence-electron chi connectivity index (χ1n) is 10.00. The Balaban J connectivity index is 2.14. The van der Waals surface area contributed by atoms with Crippen LogP contribution in [0, 0.1) is 0 Å². The van der Waals surface area contributed by atoms with E-state index < -0.39 is 15.4 Å². The summed E-state index contributed by atoms with van der Waals surface area (Å²) in [6.45, 7) is 3.15. The Kier molecular flexibility index (Phi) is 7.34. The molecule has 0 radical (unpaired) electrons. The Morgan fingerprint density at radius 2 is 1.64 bits per heavy atom. The van der Waals surface area contributed by atoms with E-state index in [2.05, 4.69) is 4.99 Å². The van der Waals surface area contributed by atoms with Gasteiger partial charge in [-0.3, -0.25) is 0 Å². The highest BCUT2D eigenvalue weighted by atomic mass is 35.5. The summed E-state index contributed by atoms with van der Waals surface area (Å²) in [5.74, 6) is 0. The van der Waals surface area contributed by atoms with Gasteiger partial charge in [0.25, 0.3) is 0 Å². The molecule has 0 aliphatic rings. The molecular formula is C25H24Cl2N2O3S. The third-order valence-corrected chi connectivity index (χ3v) is 6.68. The fraction of sp³-hybridized carbons (Fsp3) is 0.160. The molecule has 0 fully saturated rings. The maximum atomic E-state index is 11.9. The van der Waals surface area contributed by atoms with Gasteiger partial charge in [-0.05, 0) is 61.4 Å². The van der Waals surface area contributed by atoms with Gasteiger partial charge in [-0.1, -0.05) is 59.6 Å². The molecule has 33 heavy (non-hydrogen) atoms. The summed E-state index contributed by atoms with van der Waals surface area (Å²) in [6.07, 6.45) is 2.73. The lowest BCUT2D eigenvalue weighted by molar-refractivity contribution is 0.118. The molecule has 3 rings (SSSR count). The fourth-order valence-corrected chi connectivity index (χ4v) is 4.10. The monoisotopic (exact) mass is 502 g/mol. The Morgan fingerprint density at radius 1 is 0.970 bits per heavy atom. The van der Waals surface area contributed by atoms with Crippen LogP contribution in [0.2, 0.25) is 10.0 Å². The zero-order valence-corrected chi connectivity index (χ0v) is 20.7. The lowest BCUT2D eigenvalue weighted by Gasteiger charge is -2.18. The largest absolute Gasteiger partial charge is 0.400 e. The average molecular weight is 503 g/mol. The summed E-state index contributed by atoms with van der Waals surface area (Å²) >= 11 is 12.9. The van der Waals surface area contributed by atoms with Crippen molar-refractivity contribution in [2.75, 3.05) is 6.26 Å². The number of nitrogens with two attached hydrogens (primary N) is 1. The molecule has 0 saturated heterocycles. The minimum atomic E-state index is -3.34. The van der Waals surface area contributed by atoms with Crippen molar-refractivity contribution in [3.8, 4) is 11.1 Å². The van der Waals surface area contributed by atoms with E-state index in [0.29, 0.717) is 32.6 Å². The van der Waals surface area contributed by atoms with Crippen LogP contribution in [0.15, 0.2) is 88.4 Å². The molecule has 0 atom stereocenters. The quantitative estimate of drug-likeness (QED) is 0.416. The number of hydrogen-bond acceptors (Lipinski definition) is 5. The van der Waals surface area contributed by atoms with E-state index in [-0.39, 0.29) is 10.6 Å². The van der Waals surface area contributed by atoms with Gasteiger partial charge < -0.3 is 10.8 Å². The number of hydrogen-bond donors (Lipinski definition) is 2. The Hall–Kier alpha value is -2.64. The van der Waals surface area contributed by atoms with Crippen LogP contribution in [-0.2, 0) is 9.84 Å². The summed E-state index contributed by atoms with van der Waals surface area (Å²) in [5, 5.41) is 11.1. The van der Waals surface area contributed by atoms with Gasteiger partial charge >= 0.3 is 0 Å². The smallest absolute Gasteiger partial charge is 0.175 e. The third-order valence-electron chi connectivity index (χ3n) is 4.93. The lowest BCUT2D eigenvalue weighted by atomic mass is 9.99. The average Bonchev–Trinajstić information content (AvgIpc) is 2.73. The van der Waals surface area contributed by atoms with Gasteiger partial charge in [0.2, 0.25) is 0 Å². The summed E-state index contributed by atoms with van der Waals surface area (Å²) in [7, 11) is -3.34. The molecule has 0 aromatic heterocycles. The van der Waals surface area contributed by atoms with Crippen molar-refractivity contribution in [3.63, 3.8) is 0 Å². The van der Waals surface area contributed by atoms with Gasteiger partial charge in [0.1, 0.15) is 0 Å². The van der Waals surface area contributed by atoms with Gasteiger partial charge in [-0.2, -0.15) is 0 Å². The second-order valence-corrected chi connectivity index (χ2v) is 10.9. The van der Waals surface area contributed by atoms with Crippen LogP contribution in [0.4, 0.5) is 5.69 Å². The second-order valence-electron chi connectivity index (χ2n) is 8.10. The summed E-state index contributed by atoms with van der Waals surface area (Å²) in [4.78, 5) is 4.87. The number of para-hydroxylation sites is 1. The van der Waals surface area contributed by atoms with Crippen molar-refractivity contribution < 1.29 is 13.5 Å². The van der Waals surface area contributed by atoms with Crippen LogP contribution >= 0.6 is 23.2 Å². The maximum absolute atomic E-state index is 11.9. The Bertz CT molecular complexity index is 1360. The van der Waals surface area contributed by atoms with Gasteiger partial charge in [0.05, 0.1) is 31.9 Å². The molecule has 5 nitrogen and oxygen atoms in total. The van der Waals surface area contributed by atoms with Crippen molar-refractivity contribution in [1.29, 1.82) is 0 Å². The van der Waals surface area contributed by atoms with Crippen molar-refractivity contribution in [1.82, 2.24) is 0 Å². The van der Waals surface area contributed by atoms with Crippen molar-refractivity contribution in [2.24, 2.45) is 10.7 Å². The molecule has 0 spiro atoms. The number of rotatable bonds is 6. The van der Waals surface area contributed by atoms with Gasteiger partial charge in [0.15, 0.2) is 9.84 Å².